The molecule has 2 fully saturated rings. The topological polar surface area (TPSA) is 66.4 Å². The number of hydrogen-bond acceptors (Lipinski definition) is 2. The maximum atomic E-state index is 12.0. The number of aliphatic carboxylic acids is 1. The van der Waals surface area contributed by atoms with E-state index in [1.54, 1.807) is 0 Å². The zero-order chi connectivity index (χ0) is 15.0. The molecule has 2 saturated carbocycles. The van der Waals surface area contributed by atoms with Gasteiger partial charge in [0.2, 0.25) is 5.91 Å². The van der Waals surface area contributed by atoms with Gasteiger partial charge >= 0.3 is 5.97 Å². The molecule has 1 amide bonds. The third-order valence-corrected chi connectivity index (χ3v) is 4.88. The maximum absolute atomic E-state index is 12.0. The van der Waals surface area contributed by atoms with Gasteiger partial charge in [-0.15, -0.1) is 0 Å². The smallest absolute Gasteiger partial charge is 0.311 e. The van der Waals surface area contributed by atoms with E-state index in [-0.39, 0.29) is 5.91 Å². The normalized spacial score (nSPS) is 30.6. The highest BCUT2D eigenvalue weighted by Gasteiger charge is 2.50. The Bertz CT molecular complexity index is 399. The first kappa shape index (κ1) is 15.3. The molecule has 2 atom stereocenters. The number of carbonyl (C=O) groups is 2. The summed E-state index contributed by atoms with van der Waals surface area (Å²) in [6.07, 6.45) is 5.36. The number of amides is 1. The van der Waals surface area contributed by atoms with Crippen LogP contribution in [0.1, 0.15) is 59.3 Å². The number of carbonyl (C=O) groups excluding carboxylic acids is 1. The van der Waals surface area contributed by atoms with Crippen molar-refractivity contribution in [1.82, 2.24) is 5.32 Å². The first-order chi connectivity index (χ1) is 9.22. The van der Waals surface area contributed by atoms with Gasteiger partial charge in [0.15, 0.2) is 0 Å². The summed E-state index contributed by atoms with van der Waals surface area (Å²) in [5.74, 6) is 0.358. The van der Waals surface area contributed by atoms with Gasteiger partial charge in [0, 0.05) is 13.0 Å². The third kappa shape index (κ3) is 3.74. The molecule has 0 aromatic carbocycles. The van der Waals surface area contributed by atoms with Gasteiger partial charge in [0.05, 0.1) is 5.41 Å². The van der Waals surface area contributed by atoms with Gasteiger partial charge < -0.3 is 10.4 Å². The largest absolute Gasteiger partial charge is 0.481 e. The second-order valence-corrected chi connectivity index (χ2v) is 7.85. The van der Waals surface area contributed by atoms with Crippen LogP contribution in [0.4, 0.5) is 0 Å². The molecule has 4 heteroatoms. The fourth-order valence-electron chi connectivity index (χ4n) is 3.92. The molecule has 4 nitrogen and oxygen atoms in total. The Morgan fingerprint density at radius 3 is 2.40 bits per heavy atom. The molecule has 0 saturated heterocycles. The molecule has 0 spiro atoms. The molecule has 2 aliphatic carbocycles. The van der Waals surface area contributed by atoms with Crippen molar-refractivity contribution in [2.45, 2.75) is 59.3 Å². The minimum atomic E-state index is -0.773. The van der Waals surface area contributed by atoms with Crippen molar-refractivity contribution in [2.24, 2.45) is 22.7 Å². The molecule has 2 aliphatic rings. The van der Waals surface area contributed by atoms with Crippen molar-refractivity contribution in [3.63, 3.8) is 0 Å². The van der Waals surface area contributed by atoms with Crippen LogP contribution in [0, 0.1) is 22.7 Å². The van der Waals surface area contributed by atoms with Crippen molar-refractivity contribution in [2.75, 3.05) is 6.54 Å². The van der Waals surface area contributed by atoms with Crippen molar-refractivity contribution < 1.29 is 14.7 Å². The highest BCUT2D eigenvalue weighted by molar-refractivity contribution is 5.81. The molecule has 114 valence electrons. The number of carboxylic acids is 1. The fraction of sp³-hybridized carbons (Fsp3) is 0.875. The Hall–Kier alpha value is -1.06. The van der Waals surface area contributed by atoms with Crippen molar-refractivity contribution >= 4 is 11.9 Å². The van der Waals surface area contributed by atoms with Crippen LogP contribution in [0.15, 0.2) is 0 Å². The van der Waals surface area contributed by atoms with Crippen molar-refractivity contribution in [1.29, 1.82) is 0 Å². The molecular weight excluding hydrogens is 254 g/mol. The zero-order valence-electron chi connectivity index (χ0n) is 12.9. The minimum Gasteiger partial charge on any atom is -0.481 e. The van der Waals surface area contributed by atoms with E-state index >= 15 is 0 Å². The minimum absolute atomic E-state index is 0.0208. The SMILES string of the molecule is CC1CC(CC(=O)NCC2(C(=O)O)CC2)CC(C)(C)C1. The molecule has 2 rings (SSSR count). The van der Waals surface area contributed by atoms with Gasteiger partial charge in [-0.2, -0.15) is 0 Å². The van der Waals surface area contributed by atoms with Crippen molar-refractivity contribution in [3.8, 4) is 0 Å². The monoisotopic (exact) mass is 281 g/mol. The molecule has 0 aromatic rings. The van der Waals surface area contributed by atoms with E-state index in [1.807, 2.05) is 0 Å². The molecule has 0 aromatic heterocycles. The van der Waals surface area contributed by atoms with Gasteiger partial charge in [-0.05, 0) is 49.4 Å². The average Bonchev–Trinajstić information content (AvgIpc) is 3.04. The Kier molecular flexibility index (Phi) is 4.12. The van der Waals surface area contributed by atoms with Crippen LogP contribution in [0.25, 0.3) is 0 Å². The summed E-state index contributed by atoms with van der Waals surface area (Å²) in [5, 5.41) is 11.9. The molecule has 0 radical (unpaired) electrons. The van der Waals surface area contributed by atoms with Crippen LogP contribution in [0.5, 0.6) is 0 Å². The summed E-state index contributed by atoms with van der Waals surface area (Å²) in [6, 6.07) is 0. The summed E-state index contributed by atoms with van der Waals surface area (Å²) >= 11 is 0. The number of nitrogens with one attached hydrogen (secondary N) is 1. The van der Waals surface area contributed by atoms with Gasteiger partial charge in [0.25, 0.3) is 0 Å². The molecule has 2 N–H and O–H groups in total. The molecule has 0 heterocycles. The predicted molar refractivity (Wildman–Crippen MR) is 77.2 cm³/mol. The van der Waals surface area contributed by atoms with Crippen LogP contribution in [-0.4, -0.2) is 23.5 Å². The van der Waals surface area contributed by atoms with E-state index < -0.39 is 11.4 Å². The van der Waals surface area contributed by atoms with Gasteiger partial charge in [-0.3, -0.25) is 9.59 Å². The third-order valence-electron chi connectivity index (χ3n) is 4.88. The van der Waals surface area contributed by atoms with Crippen LogP contribution >= 0.6 is 0 Å². The first-order valence-corrected chi connectivity index (χ1v) is 7.73. The Balaban J connectivity index is 1.78. The van der Waals surface area contributed by atoms with Crippen LogP contribution in [-0.2, 0) is 9.59 Å². The van der Waals surface area contributed by atoms with Crippen LogP contribution in [0.3, 0.4) is 0 Å². The highest BCUT2D eigenvalue weighted by Crippen LogP contribution is 2.45. The summed E-state index contributed by atoms with van der Waals surface area (Å²) in [7, 11) is 0. The Labute approximate surface area is 121 Å². The lowest BCUT2D eigenvalue weighted by molar-refractivity contribution is -0.143. The van der Waals surface area contributed by atoms with E-state index in [9.17, 15) is 9.59 Å². The standard InChI is InChI=1S/C16H27NO3/c1-11-6-12(9-15(2,3)8-11)7-13(18)17-10-16(4-5-16)14(19)20/h11-12H,4-10H2,1-3H3,(H,17,18)(H,19,20). The van der Waals surface area contributed by atoms with E-state index in [1.165, 1.54) is 6.42 Å². The lowest BCUT2D eigenvalue weighted by Crippen LogP contribution is -2.36. The number of carboxylic acid groups (broad SMARTS) is 1. The summed E-state index contributed by atoms with van der Waals surface area (Å²) < 4.78 is 0. The van der Waals surface area contributed by atoms with Crippen molar-refractivity contribution in [3.05, 3.63) is 0 Å². The Morgan fingerprint density at radius 1 is 1.25 bits per heavy atom. The number of hydrogen-bond donors (Lipinski definition) is 2. The molecule has 0 bridgehead atoms. The van der Waals surface area contributed by atoms with E-state index in [4.69, 9.17) is 5.11 Å². The van der Waals surface area contributed by atoms with E-state index in [0.717, 1.165) is 12.8 Å². The summed E-state index contributed by atoms with van der Waals surface area (Å²) in [6.45, 7) is 7.11. The Morgan fingerprint density at radius 2 is 1.90 bits per heavy atom. The lowest BCUT2D eigenvalue weighted by Gasteiger charge is -2.38. The van der Waals surface area contributed by atoms with E-state index in [0.29, 0.717) is 43.1 Å². The zero-order valence-corrected chi connectivity index (χ0v) is 12.9. The molecular formula is C16H27NO3. The maximum Gasteiger partial charge on any atom is 0.311 e. The first-order valence-electron chi connectivity index (χ1n) is 7.73. The van der Waals surface area contributed by atoms with Gasteiger partial charge in [-0.1, -0.05) is 20.8 Å². The average molecular weight is 281 g/mol. The van der Waals surface area contributed by atoms with Crippen LogP contribution < -0.4 is 5.32 Å². The lowest BCUT2D eigenvalue weighted by atomic mass is 9.67. The molecule has 0 aliphatic heterocycles. The van der Waals surface area contributed by atoms with Gasteiger partial charge in [-0.25, -0.2) is 0 Å². The second kappa shape index (κ2) is 5.38. The van der Waals surface area contributed by atoms with E-state index in [2.05, 4.69) is 26.1 Å². The summed E-state index contributed by atoms with van der Waals surface area (Å²) in [5.41, 5.74) is -0.337. The summed E-state index contributed by atoms with van der Waals surface area (Å²) in [4.78, 5) is 23.1. The fourth-order valence-corrected chi connectivity index (χ4v) is 3.92. The quantitative estimate of drug-likeness (QED) is 0.814. The number of rotatable bonds is 5. The second-order valence-electron chi connectivity index (χ2n) is 7.85. The molecule has 2 unspecified atom stereocenters. The van der Waals surface area contributed by atoms with Gasteiger partial charge in [0.1, 0.15) is 0 Å². The molecule has 20 heavy (non-hydrogen) atoms. The predicted octanol–water partition coefficient (Wildman–Crippen LogP) is 2.82. The van der Waals surface area contributed by atoms with Crippen LogP contribution in [0.2, 0.25) is 0 Å². The highest BCUT2D eigenvalue weighted by atomic mass is 16.4.